The van der Waals surface area contributed by atoms with Gasteiger partial charge >= 0.3 is 0 Å². The first-order valence-electron chi connectivity index (χ1n) is 5.49. The third-order valence-corrected chi connectivity index (χ3v) is 4.54. The molecule has 1 saturated carbocycles. The van der Waals surface area contributed by atoms with Gasteiger partial charge in [-0.1, -0.05) is 13.3 Å². The molecule has 0 aromatic carbocycles. The molecule has 2 heteroatoms. The van der Waals surface area contributed by atoms with Crippen molar-refractivity contribution in [1.29, 1.82) is 0 Å². The van der Waals surface area contributed by atoms with Crippen LogP contribution in [0, 0.1) is 6.92 Å². The maximum absolute atomic E-state index is 9.91. The van der Waals surface area contributed by atoms with Gasteiger partial charge in [-0.2, -0.15) is 0 Å². The first-order chi connectivity index (χ1) is 6.74. The monoisotopic (exact) mass is 210 g/mol. The largest absolute Gasteiger partial charge is 0.392 e. The maximum atomic E-state index is 9.91. The Kier molecular flexibility index (Phi) is 2.93. The van der Waals surface area contributed by atoms with Crippen LogP contribution in [0.4, 0.5) is 0 Å². The van der Waals surface area contributed by atoms with E-state index in [9.17, 15) is 5.11 Å². The van der Waals surface area contributed by atoms with Gasteiger partial charge in [-0.05, 0) is 42.7 Å². The Balaban J connectivity index is 2.33. The second-order valence-corrected chi connectivity index (χ2v) is 5.18. The summed E-state index contributed by atoms with van der Waals surface area (Å²) < 4.78 is 0. The molecule has 1 aliphatic rings. The normalized spacial score (nSPS) is 27.1. The van der Waals surface area contributed by atoms with Gasteiger partial charge in [0.15, 0.2) is 0 Å². The second-order valence-electron chi connectivity index (χ2n) is 4.21. The predicted octanol–water partition coefficient (Wildman–Crippen LogP) is 3.25. The molecule has 0 bridgehead atoms. The van der Waals surface area contributed by atoms with Gasteiger partial charge in [0.2, 0.25) is 0 Å². The van der Waals surface area contributed by atoms with Crippen molar-refractivity contribution in [3.63, 3.8) is 0 Å². The lowest BCUT2D eigenvalue weighted by Crippen LogP contribution is -2.12. The Morgan fingerprint density at radius 1 is 1.50 bits per heavy atom. The highest BCUT2D eigenvalue weighted by Gasteiger charge is 2.29. The maximum Gasteiger partial charge on any atom is 0.0609 e. The highest BCUT2D eigenvalue weighted by atomic mass is 32.1. The molecule has 0 saturated heterocycles. The summed E-state index contributed by atoms with van der Waals surface area (Å²) in [6.07, 6.45) is 4.37. The Bertz CT molecular complexity index is 316. The molecule has 0 spiro atoms. The minimum Gasteiger partial charge on any atom is -0.392 e. The first kappa shape index (κ1) is 10.2. The molecule has 0 radical (unpaired) electrons. The number of rotatable bonds is 2. The molecule has 1 N–H and O–H groups in total. The minimum atomic E-state index is -0.0893. The fraction of sp³-hybridized carbons (Fsp3) is 0.667. The summed E-state index contributed by atoms with van der Waals surface area (Å²) in [7, 11) is 0. The van der Waals surface area contributed by atoms with Gasteiger partial charge in [0, 0.05) is 10.8 Å². The van der Waals surface area contributed by atoms with Crippen molar-refractivity contribution in [2.45, 2.75) is 51.6 Å². The standard InChI is InChI=1S/C12H18OS/c1-3-11-12(8(2)7-14-11)9-5-4-6-10(9)13/h7,9-10,13H,3-6H2,1-2H3. The quantitative estimate of drug-likeness (QED) is 0.794. The number of aryl methyl sites for hydroxylation is 2. The zero-order valence-electron chi connectivity index (χ0n) is 8.92. The lowest BCUT2D eigenvalue weighted by molar-refractivity contribution is 0.163. The summed E-state index contributed by atoms with van der Waals surface area (Å²) in [5.74, 6) is 0.427. The Hall–Kier alpha value is -0.340. The van der Waals surface area contributed by atoms with E-state index in [1.54, 1.807) is 0 Å². The Morgan fingerprint density at radius 2 is 2.29 bits per heavy atom. The van der Waals surface area contributed by atoms with Crippen molar-refractivity contribution in [3.8, 4) is 0 Å². The summed E-state index contributed by atoms with van der Waals surface area (Å²) >= 11 is 1.85. The average molecular weight is 210 g/mol. The van der Waals surface area contributed by atoms with Crippen molar-refractivity contribution in [3.05, 3.63) is 21.4 Å². The zero-order chi connectivity index (χ0) is 10.1. The fourth-order valence-corrected chi connectivity index (χ4v) is 3.61. The van der Waals surface area contributed by atoms with Crippen LogP contribution < -0.4 is 0 Å². The molecule has 0 amide bonds. The van der Waals surface area contributed by atoms with E-state index in [-0.39, 0.29) is 6.10 Å². The molecule has 14 heavy (non-hydrogen) atoms. The van der Waals surface area contributed by atoms with E-state index in [0.29, 0.717) is 5.92 Å². The van der Waals surface area contributed by atoms with Crippen LogP contribution in [0.25, 0.3) is 0 Å². The fourth-order valence-electron chi connectivity index (χ4n) is 2.56. The molecule has 2 unspecified atom stereocenters. The number of aliphatic hydroxyl groups is 1. The van der Waals surface area contributed by atoms with Crippen molar-refractivity contribution in [1.82, 2.24) is 0 Å². The zero-order valence-corrected chi connectivity index (χ0v) is 9.73. The minimum absolute atomic E-state index is 0.0893. The van der Waals surface area contributed by atoms with Gasteiger partial charge in [-0.3, -0.25) is 0 Å². The van der Waals surface area contributed by atoms with E-state index in [1.807, 2.05) is 11.3 Å². The topological polar surface area (TPSA) is 20.2 Å². The van der Waals surface area contributed by atoms with Crippen LogP contribution in [0.5, 0.6) is 0 Å². The lowest BCUT2D eigenvalue weighted by atomic mass is 9.92. The molecule has 1 aromatic rings. The van der Waals surface area contributed by atoms with Crippen LogP contribution in [-0.2, 0) is 6.42 Å². The van der Waals surface area contributed by atoms with Gasteiger partial charge in [0.05, 0.1) is 6.10 Å². The molecule has 2 atom stereocenters. The SMILES string of the molecule is CCc1scc(C)c1C1CCCC1O. The number of hydrogen-bond acceptors (Lipinski definition) is 2. The molecule has 0 aliphatic heterocycles. The Labute approximate surface area is 89.8 Å². The summed E-state index contributed by atoms with van der Waals surface area (Å²) in [6, 6.07) is 0. The number of thiophene rings is 1. The van der Waals surface area contributed by atoms with Crippen molar-refractivity contribution in [2.75, 3.05) is 0 Å². The third kappa shape index (κ3) is 1.61. The van der Waals surface area contributed by atoms with Gasteiger partial charge in [0.25, 0.3) is 0 Å². The van der Waals surface area contributed by atoms with Gasteiger partial charge < -0.3 is 5.11 Å². The molecule has 1 fully saturated rings. The van der Waals surface area contributed by atoms with Gasteiger partial charge in [-0.25, -0.2) is 0 Å². The van der Waals surface area contributed by atoms with Crippen LogP contribution in [0.15, 0.2) is 5.38 Å². The third-order valence-electron chi connectivity index (χ3n) is 3.27. The Morgan fingerprint density at radius 3 is 2.86 bits per heavy atom. The molecular formula is C12H18OS. The van der Waals surface area contributed by atoms with Crippen LogP contribution in [0.3, 0.4) is 0 Å². The highest BCUT2D eigenvalue weighted by molar-refractivity contribution is 7.10. The van der Waals surface area contributed by atoms with E-state index in [0.717, 1.165) is 12.8 Å². The van der Waals surface area contributed by atoms with Crippen LogP contribution >= 0.6 is 11.3 Å². The van der Waals surface area contributed by atoms with Crippen molar-refractivity contribution < 1.29 is 5.11 Å². The second kappa shape index (κ2) is 4.03. The van der Waals surface area contributed by atoms with Crippen LogP contribution in [0.2, 0.25) is 0 Å². The van der Waals surface area contributed by atoms with Crippen molar-refractivity contribution in [2.24, 2.45) is 0 Å². The van der Waals surface area contributed by atoms with E-state index in [1.165, 1.54) is 28.8 Å². The molecule has 2 rings (SSSR count). The van der Waals surface area contributed by atoms with Crippen LogP contribution in [-0.4, -0.2) is 11.2 Å². The highest BCUT2D eigenvalue weighted by Crippen LogP contribution is 2.40. The first-order valence-corrected chi connectivity index (χ1v) is 6.37. The summed E-state index contributed by atoms with van der Waals surface area (Å²) in [6.45, 7) is 4.38. The summed E-state index contributed by atoms with van der Waals surface area (Å²) in [4.78, 5) is 1.48. The van der Waals surface area contributed by atoms with Gasteiger partial charge in [0.1, 0.15) is 0 Å². The van der Waals surface area contributed by atoms with Gasteiger partial charge in [-0.15, -0.1) is 11.3 Å². The smallest absolute Gasteiger partial charge is 0.0609 e. The summed E-state index contributed by atoms with van der Waals surface area (Å²) in [5, 5.41) is 12.1. The molecule has 1 nitrogen and oxygen atoms in total. The number of aliphatic hydroxyl groups excluding tert-OH is 1. The number of hydrogen-bond donors (Lipinski definition) is 1. The molecule has 1 heterocycles. The lowest BCUT2D eigenvalue weighted by Gasteiger charge is -2.16. The van der Waals surface area contributed by atoms with E-state index in [4.69, 9.17) is 0 Å². The molecule has 78 valence electrons. The van der Waals surface area contributed by atoms with E-state index in [2.05, 4.69) is 19.2 Å². The molecular weight excluding hydrogens is 192 g/mol. The average Bonchev–Trinajstić information content (AvgIpc) is 2.72. The summed E-state index contributed by atoms with van der Waals surface area (Å²) in [5.41, 5.74) is 2.85. The van der Waals surface area contributed by atoms with Crippen molar-refractivity contribution >= 4 is 11.3 Å². The predicted molar refractivity (Wildman–Crippen MR) is 61.0 cm³/mol. The molecule has 1 aliphatic carbocycles. The van der Waals surface area contributed by atoms with E-state index < -0.39 is 0 Å². The van der Waals surface area contributed by atoms with Crippen LogP contribution in [0.1, 0.15) is 48.1 Å². The van der Waals surface area contributed by atoms with E-state index >= 15 is 0 Å². The molecule has 1 aromatic heterocycles.